The first-order valence-electron chi connectivity index (χ1n) is 11.0. The zero-order chi connectivity index (χ0) is 22.3. The number of carbonyl (C=O) groups is 2. The quantitative estimate of drug-likeness (QED) is 0.597. The van der Waals surface area contributed by atoms with Crippen molar-refractivity contribution in [1.82, 2.24) is 10.2 Å². The minimum atomic E-state index is -0.0274. The Balaban J connectivity index is 1.24. The molecule has 0 spiro atoms. The molecule has 1 aliphatic rings. The largest absolute Gasteiger partial charge is 0.496 e. The highest BCUT2D eigenvalue weighted by Crippen LogP contribution is 2.23. The first kappa shape index (κ1) is 21.8. The summed E-state index contributed by atoms with van der Waals surface area (Å²) in [4.78, 5) is 27.3. The van der Waals surface area contributed by atoms with Gasteiger partial charge in [-0.15, -0.1) is 0 Å². The number of benzene rings is 3. The molecule has 4 rings (SSSR count). The number of fused-ring (bicyclic) bond motifs is 1. The molecule has 1 aliphatic heterocycles. The van der Waals surface area contributed by atoms with E-state index in [0.29, 0.717) is 13.1 Å². The van der Waals surface area contributed by atoms with Crippen LogP contribution in [0.2, 0.25) is 0 Å². The molecule has 3 aromatic rings. The Kier molecular flexibility index (Phi) is 7.02. The van der Waals surface area contributed by atoms with Crippen molar-refractivity contribution in [2.75, 3.05) is 32.1 Å². The number of hydrogen-bond acceptors (Lipinski definition) is 4. The number of rotatable bonds is 7. The summed E-state index contributed by atoms with van der Waals surface area (Å²) in [7, 11) is 1.63. The second kappa shape index (κ2) is 10.3. The normalized spacial score (nSPS) is 14.8. The van der Waals surface area contributed by atoms with Gasteiger partial charge in [-0.25, -0.2) is 0 Å². The summed E-state index contributed by atoms with van der Waals surface area (Å²) in [6.07, 6.45) is 1.50. The van der Waals surface area contributed by atoms with Crippen molar-refractivity contribution in [2.24, 2.45) is 5.92 Å². The van der Waals surface area contributed by atoms with Crippen LogP contribution in [-0.2, 0) is 16.1 Å². The third-order valence-electron chi connectivity index (χ3n) is 6.03. The van der Waals surface area contributed by atoms with Crippen molar-refractivity contribution >= 4 is 28.3 Å². The fourth-order valence-electron chi connectivity index (χ4n) is 4.26. The molecule has 0 bridgehead atoms. The molecule has 2 N–H and O–H groups in total. The second-order valence-corrected chi connectivity index (χ2v) is 8.15. The molecule has 1 fully saturated rings. The summed E-state index contributed by atoms with van der Waals surface area (Å²) in [6, 6.07) is 21.6. The molecule has 0 saturated carbocycles. The van der Waals surface area contributed by atoms with Crippen LogP contribution in [-0.4, -0.2) is 43.5 Å². The van der Waals surface area contributed by atoms with Gasteiger partial charge in [0.2, 0.25) is 11.8 Å². The Morgan fingerprint density at radius 2 is 1.69 bits per heavy atom. The Bertz CT molecular complexity index is 1090. The number of hydrogen-bond donors (Lipinski definition) is 2. The maximum atomic E-state index is 12.6. The van der Waals surface area contributed by atoms with Gasteiger partial charge in [-0.2, -0.15) is 0 Å². The number of nitrogens with one attached hydrogen (secondary N) is 2. The third kappa shape index (κ3) is 5.26. The summed E-state index contributed by atoms with van der Waals surface area (Å²) < 4.78 is 5.34. The molecular formula is C26H29N3O3. The van der Waals surface area contributed by atoms with Gasteiger partial charge in [0.15, 0.2) is 0 Å². The van der Waals surface area contributed by atoms with Gasteiger partial charge in [0.05, 0.1) is 13.7 Å². The molecule has 1 saturated heterocycles. The van der Waals surface area contributed by atoms with Crippen LogP contribution in [0.15, 0.2) is 66.7 Å². The molecule has 0 atom stereocenters. The van der Waals surface area contributed by atoms with E-state index in [4.69, 9.17) is 4.74 Å². The first-order chi connectivity index (χ1) is 15.6. The average molecular weight is 432 g/mol. The molecule has 6 nitrogen and oxygen atoms in total. The number of piperidine rings is 1. The maximum absolute atomic E-state index is 12.6. The Morgan fingerprint density at radius 3 is 2.50 bits per heavy atom. The van der Waals surface area contributed by atoms with E-state index in [1.165, 1.54) is 0 Å². The van der Waals surface area contributed by atoms with E-state index in [-0.39, 0.29) is 17.7 Å². The SMILES string of the molecule is COc1ccccc1CNC(=O)C1CCN(CC(=O)Nc2cccc3ccccc23)CC1. The summed E-state index contributed by atoms with van der Waals surface area (Å²) in [6.45, 7) is 2.25. The molecule has 0 unspecified atom stereocenters. The van der Waals surface area contributed by atoms with Gasteiger partial charge in [-0.3, -0.25) is 14.5 Å². The minimum Gasteiger partial charge on any atom is -0.496 e. The highest BCUT2D eigenvalue weighted by atomic mass is 16.5. The van der Waals surface area contributed by atoms with Crippen molar-refractivity contribution in [3.8, 4) is 5.75 Å². The molecule has 0 aromatic heterocycles. The van der Waals surface area contributed by atoms with Crippen molar-refractivity contribution in [1.29, 1.82) is 0 Å². The summed E-state index contributed by atoms with van der Waals surface area (Å²) >= 11 is 0. The van der Waals surface area contributed by atoms with Crippen molar-refractivity contribution in [2.45, 2.75) is 19.4 Å². The number of anilines is 1. The lowest BCUT2D eigenvalue weighted by molar-refractivity contribution is -0.126. The van der Waals surface area contributed by atoms with E-state index in [0.717, 1.165) is 53.7 Å². The highest BCUT2D eigenvalue weighted by Gasteiger charge is 2.26. The molecule has 166 valence electrons. The number of nitrogens with zero attached hydrogens (tertiary/aromatic N) is 1. The lowest BCUT2D eigenvalue weighted by Crippen LogP contribution is -2.43. The molecule has 3 aromatic carbocycles. The van der Waals surface area contributed by atoms with E-state index >= 15 is 0 Å². The number of amides is 2. The van der Waals surface area contributed by atoms with Crippen LogP contribution in [0.3, 0.4) is 0 Å². The Morgan fingerprint density at radius 1 is 0.969 bits per heavy atom. The monoisotopic (exact) mass is 431 g/mol. The van der Waals surface area contributed by atoms with Crippen molar-refractivity contribution in [3.05, 3.63) is 72.3 Å². The molecule has 32 heavy (non-hydrogen) atoms. The number of carbonyl (C=O) groups excluding carboxylic acids is 2. The van der Waals surface area contributed by atoms with Gasteiger partial charge >= 0.3 is 0 Å². The van der Waals surface area contributed by atoms with Crippen LogP contribution in [0.5, 0.6) is 5.75 Å². The van der Waals surface area contributed by atoms with E-state index in [2.05, 4.69) is 15.5 Å². The Labute approximate surface area is 188 Å². The number of para-hydroxylation sites is 1. The summed E-state index contributed by atoms with van der Waals surface area (Å²) in [5.74, 6) is 0.790. The predicted octanol–water partition coefficient (Wildman–Crippen LogP) is 3.82. The third-order valence-corrected chi connectivity index (χ3v) is 6.03. The first-order valence-corrected chi connectivity index (χ1v) is 11.0. The van der Waals surface area contributed by atoms with Crippen LogP contribution < -0.4 is 15.4 Å². The van der Waals surface area contributed by atoms with E-state index < -0.39 is 0 Å². The molecular weight excluding hydrogens is 402 g/mol. The number of ether oxygens (including phenoxy) is 1. The van der Waals surface area contributed by atoms with Crippen LogP contribution in [0, 0.1) is 5.92 Å². The molecule has 2 amide bonds. The van der Waals surface area contributed by atoms with Crippen molar-refractivity contribution < 1.29 is 14.3 Å². The van der Waals surface area contributed by atoms with Crippen LogP contribution in [0.1, 0.15) is 18.4 Å². The van der Waals surface area contributed by atoms with Gasteiger partial charge in [0.25, 0.3) is 0 Å². The smallest absolute Gasteiger partial charge is 0.238 e. The Hall–Kier alpha value is -3.38. The molecule has 1 heterocycles. The van der Waals surface area contributed by atoms with E-state index in [9.17, 15) is 9.59 Å². The lowest BCUT2D eigenvalue weighted by atomic mass is 9.95. The van der Waals surface area contributed by atoms with Gasteiger partial charge in [0, 0.05) is 29.1 Å². The number of methoxy groups -OCH3 is 1. The van der Waals surface area contributed by atoms with Crippen LogP contribution >= 0.6 is 0 Å². The van der Waals surface area contributed by atoms with Gasteiger partial charge in [-0.05, 0) is 43.5 Å². The van der Waals surface area contributed by atoms with Crippen molar-refractivity contribution in [3.63, 3.8) is 0 Å². The maximum Gasteiger partial charge on any atom is 0.238 e. The average Bonchev–Trinajstić information content (AvgIpc) is 2.83. The molecule has 0 aliphatic carbocycles. The fraction of sp³-hybridized carbons (Fsp3) is 0.308. The van der Waals surface area contributed by atoms with Gasteiger partial charge in [0.1, 0.15) is 5.75 Å². The standard InChI is InChI=1S/C26H29N3O3/c1-32-24-12-5-3-8-21(24)17-27-26(31)20-13-15-29(16-14-20)18-25(30)28-23-11-6-9-19-7-2-4-10-22(19)23/h2-12,20H,13-18H2,1H3,(H,27,31)(H,28,30). The summed E-state index contributed by atoms with van der Waals surface area (Å²) in [5, 5.41) is 8.21. The molecule has 0 radical (unpaired) electrons. The van der Waals surface area contributed by atoms with E-state index in [1.54, 1.807) is 7.11 Å². The second-order valence-electron chi connectivity index (χ2n) is 8.15. The van der Waals surface area contributed by atoms with Gasteiger partial charge in [-0.1, -0.05) is 54.6 Å². The minimum absolute atomic E-state index is 0.0258. The van der Waals surface area contributed by atoms with Crippen LogP contribution in [0.25, 0.3) is 10.8 Å². The zero-order valence-corrected chi connectivity index (χ0v) is 18.3. The van der Waals surface area contributed by atoms with Gasteiger partial charge < -0.3 is 15.4 Å². The fourth-order valence-corrected chi connectivity index (χ4v) is 4.26. The van der Waals surface area contributed by atoms with Crippen LogP contribution in [0.4, 0.5) is 5.69 Å². The highest BCUT2D eigenvalue weighted by molar-refractivity contribution is 6.02. The lowest BCUT2D eigenvalue weighted by Gasteiger charge is -2.30. The molecule has 6 heteroatoms. The summed E-state index contributed by atoms with van der Waals surface area (Å²) in [5.41, 5.74) is 1.80. The predicted molar refractivity (Wildman–Crippen MR) is 127 cm³/mol. The zero-order valence-electron chi connectivity index (χ0n) is 18.3. The van der Waals surface area contributed by atoms with E-state index in [1.807, 2.05) is 66.7 Å². The topological polar surface area (TPSA) is 70.7 Å². The number of likely N-dealkylation sites (tertiary alicyclic amines) is 1.